The summed E-state index contributed by atoms with van der Waals surface area (Å²) in [7, 11) is 1.52. The van der Waals surface area contributed by atoms with Gasteiger partial charge in [0.2, 0.25) is 0 Å². The van der Waals surface area contributed by atoms with Gasteiger partial charge in [-0.15, -0.1) is 0 Å². The van der Waals surface area contributed by atoms with Gasteiger partial charge in [0.25, 0.3) is 0 Å². The molecule has 0 radical (unpaired) electrons. The molecule has 2 aliphatic rings. The number of hydrogen-bond donors (Lipinski definition) is 1. The topological polar surface area (TPSA) is 70.1 Å². The molecular weight excluding hydrogens is 308 g/mol. The number of urea groups is 1. The van der Waals surface area contributed by atoms with Crippen molar-refractivity contribution in [1.82, 2.24) is 4.90 Å². The van der Waals surface area contributed by atoms with Crippen LogP contribution in [0.5, 0.6) is 0 Å². The molecule has 6 nitrogen and oxygen atoms in total. The van der Waals surface area contributed by atoms with Crippen molar-refractivity contribution in [3.63, 3.8) is 0 Å². The minimum absolute atomic E-state index is 0.0152. The number of methoxy groups -OCH3 is 1. The summed E-state index contributed by atoms with van der Waals surface area (Å²) in [6, 6.07) is 7.99. The molecule has 2 amide bonds. The van der Waals surface area contributed by atoms with Crippen molar-refractivity contribution in [3.8, 4) is 0 Å². The van der Waals surface area contributed by atoms with Gasteiger partial charge in [0.05, 0.1) is 12.0 Å². The molecule has 3 rings (SSSR count). The van der Waals surface area contributed by atoms with Gasteiger partial charge in [0.15, 0.2) is 0 Å². The molecule has 2 heterocycles. The number of aryl methyl sites for hydroxylation is 1. The first-order valence-electron chi connectivity index (χ1n) is 8.44. The minimum Gasteiger partial charge on any atom is -0.481 e. The van der Waals surface area contributed by atoms with E-state index in [2.05, 4.69) is 6.07 Å². The first kappa shape index (κ1) is 16.8. The number of carboxylic acid groups (broad SMARTS) is 1. The van der Waals surface area contributed by atoms with Gasteiger partial charge in [-0.05, 0) is 37.3 Å². The summed E-state index contributed by atoms with van der Waals surface area (Å²) in [5.41, 5.74) is 1.32. The largest absolute Gasteiger partial charge is 0.481 e. The van der Waals surface area contributed by atoms with E-state index in [4.69, 9.17) is 4.74 Å². The highest BCUT2D eigenvalue weighted by molar-refractivity contribution is 5.93. The molecule has 0 spiro atoms. The molecule has 1 saturated heterocycles. The smallest absolute Gasteiger partial charge is 0.324 e. The Morgan fingerprint density at radius 2 is 1.92 bits per heavy atom. The van der Waals surface area contributed by atoms with Gasteiger partial charge in [-0.3, -0.25) is 9.69 Å². The average molecular weight is 332 g/mol. The standard InChI is InChI=1S/C18H24N2O4/c1-24-13-18(16(21)22)8-11-19(12-9-18)17(23)20-10-4-6-14-5-2-3-7-15(14)20/h2-3,5,7H,4,6,8-13H2,1H3,(H,21,22). The molecule has 1 N–H and O–H groups in total. The number of rotatable bonds is 3. The lowest BCUT2D eigenvalue weighted by Crippen LogP contribution is -2.53. The maximum Gasteiger partial charge on any atom is 0.324 e. The zero-order valence-electron chi connectivity index (χ0n) is 14.0. The highest BCUT2D eigenvalue weighted by Gasteiger charge is 2.43. The van der Waals surface area contributed by atoms with Crippen LogP contribution in [0.15, 0.2) is 24.3 Å². The molecule has 130 valence electrons. The molecule has 1 aromatic rings. The molecule has 1 fully saturated rings. The van der Waals surface area contributed by atoms with E-state index in [1.807, 2.05) is 23.1 Å². The Morgan fingerprint density at radius 1 is 1.21 bits per heavy atom. The lowest BCUT2D eigenvalue weighted by Gasteiger charge is -2.41. The molecule has 0 bridgehead atoms. The van der Waals surface area contributed by atoms with Gasteiger partial charge in [-0.2, -0.15) is 0 Å². The highest BCUT2D eigenvalue weighted by atomic mass is 16.5. The first-order valence-corrected chi connectivity index (χ1v) is 8.44. The van der Waals surface area contributed by atoms with Gasteiger partial charge >= 0.3 is 12.0 Å². The van der Waals surface area contributed by atoms with Crippen LogP contribution in [0, 0.1) is 5.41 Å². The normalized spacial score (nSPS) is 19.7. The number of fused-ring (bicyclic) bond motifs is 1. The van der Waals surface area contributed by atoms with Gasteiger partial charge in [-0.1, -0.05) is 18.2 Å². The Labute approximate surface area is 142 Å². The van der Waals surface area contributed by atoms with Crippen LogP contribution in [0.2, 0.25) is 0 Å². The number of piperidine rings is 1. The fourth-order valence-corrected chi connectivity index (χ4v) is 3.73. The van der Waals surface area contributed by atoms with E-state index in [1.54, 1.807) is 4.90 Å². The van der Waals surface area contributed by atoms with Crippen LogP contribution < -0.4 is 4.90 Å². The van der Waals surface area contributed by atoms with Crippen LogP contribution in [-0.4, -0.2) is 55.4 Å². The van der Waals surface area contributed by atoms with E-state index >= 15 is 0 Å². The number of anilines is 1. The number of likely N-dealkylation sites (tertiary alicyclic amines) is 1. The molecular formula is C18H24N2O4. The number of aliphatic carboxylic acids is 1. The number of amides is 2. The number of hydrogen-bond acceptors (Lipinski definition) is 3. The van der Waals surface area contributed by atoms with E-state index in [9.17, 15) is 14.7 Å². The molecule has 0 saturated carbocycles. The zero-order valence-corrected chi connectivity index (χ0v) is 14.0. The molecule has 2 aliphatic heterocycles. The van der Waals surface area contributed by atoms with Crippen molar-refractivity contribution >= 4 is 17.7 Å². The number of carbonyl (C=O) groups is 2. The summed E-state index contributed by atoms with van der Waals surface area (Å²) in [5, 5.41) is 9.53. The third-order valence-electron chi connectivity index (χ3n) is 5.21. The summed E-state index contributed by atoms with van der Waals surface area (Å²) in [6.45, 7) is 1.81. The van der Waals surface area contributed by atoms with Crippen molar-refractivity contribution in [2.45, 2.75) is 25.7 Å². The summed E-state index contributed by atoms with van der Waals surface area (Å²) in [4.78, 5) is 28.2. The quantitative estimate of drug-likeness (QED) is 0.922. The third-order valence-corrected chi connectivity index (χ3v) is 5.21. The average Bonchev–Trinajstić information content (AvgIpc) is 2.61. The zero-order chi connectivity index (χ0) is 17.2. The Balaban J connectivity index is 1.71. The number of carbonyl (C=O) groups excluding carboxylic acids is 1. The lowest BCUT2D eigenvalue weighted by molar-refractivity contribution is -0.155. The van der Waals surface area contributed by atoms with Gasteiger partial charge in [-0.25, -0.2) is 4.79 Å². The molecule has 1 aromatic carbocycles. The molecule has 0 aliphatic carbocycles. The fourth-order valence-electron chi connectivity index (χ4n) is 3.73. The third kappa shape index (κ3) is 2.98. The molecule has 6 heteroatoms. The van der Waals surface area contributed by atoms with E-state index in [1.165, 1.54) is 12.7 Å². The van der Waals surface area contributed by atoms with Crippen LogP contribution in [-0.2, 0) is 16.0 Å². The lowest BCUT2D eigenvalue weighted by atomic mass is 9.79. The summed E-state index contributed by atoms with van der Waals surface area (Å²) in [5.74, 6) is -0.834. The summed E-state index contributed by atoms with van der Waals surface area (Å²) < 4.78 is 5.11. The second kappa shape index (κ2) is 6.81. The monoisotopic (exact) mass is 332 g/mol. The number of ether oxygens (including phenoxy) is 1. The highest BCUT2D eigenvalue weighted by Crippen LogP contribution is 2.34. The number of carboxylic acids is 1. The van der Waals surface area contributed by atoms with Crippen molar-refractivity contribution in [2.75, 3.05) is 38.3 Å². The summed E-state index contributed by atoms with van der Waals surface area (Å²) in [6.07, 6.45) is 2.81. The second-order valence-electron chi connectivity index (χ2n) is 6.67. The van der Waals surface area contributed by atoms with Gasteiger partial charge < -0.3 is 14.7 Å². The molecule has 0 aromatic heterocycles. The Kier molecular flexibility index (Phi) is 4.76. The summed E-state index contributed by atoms with van der Waals surface area (Å²) >= 11 is 0. The fraction of sp³-hybridized carbons (Fsp3) is 0.556. The maximum absolute atomic E-state index is 12.9. The SMILES string of the molecule is COCC1(C(=O)O)CCN(C(=O)N2CCCc3ccccc32)CC1. The van der Waals surface area contributed by atoms with E-state index < -0.39 is 11.4 Å². The number of benzene rings is 1. The van der Waals surface area contributed by atoms with Crippen molar-refractivity contribution in [3.05, 3.63) is 29.8 Å². The van der Waals surface area contributed by atoms with Crippen LogP contribution in [0.3, 0.4) is 0 Å². The number of nitrogens with zero attached hydrogens (tertiary/aromatic N) is 2. The van der Waals surface area contributed by atoms with Crippen molar-refractivity contribution in [1.29, 1.82) is 0 Å². The first-order chi connectivity index (χ1) is 11.6. The van der Waals surface area contributed by atoms with E-state index in [0.717, 1.165) is 18.5 Å². The Bertz CT molecular complexity index is 623. The van der Waals surface area contributed by atoms with E-state index in [0.29, 0.717) is 32.5 Å². The molecule has 0 unspecified atom stereocenters. The predicted octanol–water partition coefficient (Wildman–Crippen LogP) is 2.37. The minimum atomic E-state index is -0.870. The van der Waals surface area contributed by atoms with Crippen LogP contribution in [0.25, 0.3) is 0 Å². The van der Waals surface area contributed by atoms with Crippen LogP contribution in [0.4, 0.5) is 10.5 Å². The van der Waals surface area contributed by atoms with Crippen LogP contribution in [0.1, 0.15) is 24.8 Å². The number of para-hydroxylation sites is 1. The van der Waals surface area contributed by atoms with Gasteiger partial charge in [0, 0.05) is 32.4 Å². The maximum atomic E-state index is 12.9. The van der Waals surface area contributed by atoms with Crippen molar-refractivity contribution in [2.24, 2.45) is 5.41 Å². The second-order valence-corrected chi connectivity index (χ2v) is 6.67. The van der Waals surface area contributed by atoms with E-state index in [-0.39, 0.29) is 12.6 Å². The molecule has 0 atom stereocenters. The van der Waals surface area contributed by atoms with Gasteiger partial charge in [0.1, 0.15) is 0 Å². The molecule has 24 heavy (non-hydrogen) atoms. The Morgan fingerprint density at radius 3 is 2.58 bits per heavy atom. The van der Waals surface area contributed by atoms with Crippen LogP contribution >= 0.6 is 0 Å². The predicted molar refractivity (Wildman–Crippen MR) is 90.3 cm³/mol. The Hall–Kier alpha value is -2.08. The van der Waals surface area contributed by atoms with Crippen molar-refractivity contribution < 1.29 is 19.4 Å².